The molecule has 0 atom stereocenters. The molecule has 0 amide bonds. The Labute approximate surface area is 290 Å². The van der Waals surface area contributed by atoms with E-state index in [2.05, 4.69) is 75.1 Å². The van der Waals surface area contributed by atoms with Crippen LogP contribution in [0.2, 0.25) is 0 Å². The van der Waals surface area contributed by atoms with Gasteiger partial charge in [0.05, 0.1) is 0 Å². The minimum atomic E-state index is 1.13. The normalized spacial score (nSPS) is 12.0. The molecule has 0 aliphatic heterocycles. The van der Waals surface area contributed by atoms with E-state index >= 15 is 0 Å². The summed E-state index contributed by atoms with van der Waals surface area (Å²) in [6, 6.07) is 6.88. The highest BCUT2D eigenvalue weighted by Gasteiger charge is 2.09. The monoisotopic (exact) mass is 636 g/mol. The van der Waals surface area contributed by atoms with Gasteiger partial charge in [0.15, 0.2) is 0 Å². The van der Waals surface area contributed by atoms with E-state index in [1.807, 2.05) is 0 Å². The largest absolute Gasteiger partial charge is 0.299 e. The molecule has 0 saturated carbocycles. The molecular weight excluding hydrogens is 555 g/mol. The van der Waals surface area contributed by atoms with Crippen LogP contribution < -0.4 is 0 Å². The van der Waals surface area contributed by atoms with Crippen LogP contribution in [-0.4, -0.2) is 18.0 Å². The lowest BCUT2D eigenvalue weighted by atomic mass is 10.0. The van der Waals surface area contributed by atoms with Gasteiger partial charge >= 0.3 is 0 Å². The summed E-state index contributed by atoms with van der Waals surface area (Å²) in [6.07, 6.45) is 48.6. The van der Waals surface area contributed by atoms with Gasteiger partial charge in [-0.3, -0.25) is 4.90 Å². The molecule has 1 rings (SSSR count). The van der Waals surface area contributed by atoms with Crippen LogP contribution in [0.1, 0.15) is 210 Å². The molecule has 0 aliphatic carbocycles. The van der Waals surface area contributed by atoms with Gasteiger partial charge in [0, 0.05) is 6.54 Å². The number of aryl methyl sites for hydroxylation is 1. The van der Waals surface area contributed by atoms with E-state index in [1.54, 1.807) is 0 Å². The number of rotatable bonds is 34. The van der Waals surface area contributed by atoms with Crippen molar-refractivity contribution in [2.75, 3.05) is 13.1 Å². The van der Waals surface area contributed by atoms with Crippen molar-refractivity contribution in [2.45, 2.75) is 214 Å². The van der Waals surface area contributed by atoms with Gasteiger partial charge in [0.2, 0.25) is 0 Å². The number of nitrogens with zero attached hydrogens (tertiary/aromatic N) is 1. The van der Waals surface area contributed by atoms with E-state index in [1.165, 1.54) is 210 Å². The van der Waals surface area contributed by atoms with Crippen molar-refractivity contribution >= 4 is 0 Å². The van der Waals surface area contributed by atoms with Crippen molar-refractivity contribution in [3.8, 4) is 0 Å². The van der Waals surface area contributed by atoms with Crippen molar-refractivity contribution in [1.82, 2.24) is 4.90 Å². The zero-order valence-corrected chi connectivity index (χ0v) is 31.9. The lowest BCUT2D eigenvalue weighted by Crippen LogP contribution is -2.26. The fourth-order valence-electron chi connectivity index (χ4n) is 6.66. The smallest absolute Gasteiger partial charge is 0.0236 e. The highest BCUT2D eigenvalue weighted by Crippen LogP contribution is 2.18. The fourth-order valence-corrected chi connectivity index (χ4v) is 6.66. The molecule has 0 aliphatic rings. The zero-order valence-electron chi connectivity index (χ0n) is 31.9. The summed E-state index contributed by atoms with van der Waals surface area (Å²) >= 11 is 0. The molecule has 46 heavy (non-hydrogen) atoms. The van der Waals surface area contributed by atoms with Crippen LogP contribution >= 0.6 is 0 Å². The van der Waals surface area contributed by atoms with Crippen LogP contribution in [0.3, 0.4) is 0 Å². The Morgan fingerprint density at radius 3 is 1.17 bits per heavy atom. The van der Waals surface area contributed by atoms with Gasteiger partial charge in [-0.15, -0.1) is 0 Å². The average molecular weight is 636 g/mol. The van der Waals surface area contributed by atoms with Crippen LogP contribution in [0, 0.1) is 13.8 Å². The zero-order chi connectivity index (χ0) is 33.2. The minimum absolute atomic E-state index is 1.13. The summed E-state index contributed by atoms with van der Waals surface area (Å²) in [7, 11) is 0. The van der Waals surface area contributed by atoms with Crippen LogP contribution in [-0.2, 0) is 6.54 Å². The molecule has 0 heterocycles. The number of hydrogen-bond donors (Lipinski definition) is 0. The van der Waals surface area contributed by atoms with Crippen molar-refractivity contribution in [1.29, 1.82) is 0 Å². The molecule has 1 heteroatoms. The third kappa shape index (κ3) is 26.7. The van der Waals surface area contributed by atoms with Gasteiger partial charge in [-0.25, -0.2) is 0 Å². The molecule has 266 valence electrons. The second-order valence-corrected chi connectivity index (χ2v) is 14.5. The average Bonchev–Trinajstić information content (AvgIpc) is 3.06. The molecule has 0 unspecified atom stereocenters. The Morgan fingerprint density at radius 1 is 0.435 bits per heavy atom. The predicted octanol–water partition coefficient (Wildman–Crippen LogP) is 15.2. The summed E-state index contributed by atoms with van der Waals surface area (Å²) in [4.78, 5) is 2.77. The van der Waals surface area contributed by atoms with E-state index in [9.17, 15) is 0 Å². The highest BCUT2D eigenvalue weighted by molar-refractivity contribution is 5.33. The van der Waals surface area contributed by atoms with Crippen LogP contribution in [0.25, 0.3) is 0 Å². The van der Waals surface area contributed by atoms with Crippen molar-refractivity contribution < 1.29 is 0 Å². The van der Waals surface area contributed by atoms with E-state index in [-0.39, 0.29) is 0 Å². The maximum Gasteiger partial charge on any atom is 0.0236 e. The SMILES string of the molecule is CCCCCCCC/C=C\CCCCCCCCN(CCCCCCCC/C=C\CCCCCCCC)Cc1cccc(C)c1C. The van der Waals surface area contributed by atoms with Crippen molar-refractivity contribution in [3.05, 3.63) is 59.2 Å². The molecule has 0 bridgehead atoms. The number of benzene rings is 1. The van der Waals surface area contributed by atoms with E-state index in [4.69, 9.17) is 0 Å². The standard InChI is InChI=1S/C45H81N/c1-5-7-9-11-13-15-17-19-21-23-25-27-29-31-33-35-40-46(42-45-39-37-38-43(3)44(45)4)41-36-34-32-30-28-26-24-22-20-18-16-14-12-10-8-6-2/h19-22,37-39H,5-18,23-36,40-42H2,1-4H3/b21-19-,22-20-. The molecule has 1 aromatic carbocycles. The van der Waals surface area contributed by atoms with Gasteiger partial charge in [-0.05, 0) is 108 Å². The van der Waals surface area contributed by atoms with E-state index < -0.39 is 0 Å². The summed E-state index contributed by atoms with van der Waals surface area (Å²) in [6.45, 7) is 12.8. The third-order valence-corrected chi connectivity index (χ3v) is 10.1. The minimum Gasteiger partial charge on any atom is -0.299 e. The molecule has 0 fully saturated rings. The molecule has 0 aromatic heterocycles. The quantitative estimate of drug-likeness (QED) is 0.0538. The predicted molar refractivity (Wildman–Crippen MR) is 210 cm³/mol. The molecule has 1 nitrogen and oxygen atoms in total. The Hall–Kier alpha value is -1.34. The Balaban J connectivity index is 2.14. The molecule has 1 aromatic rings. The van der Waals surface area contributed by atoms with Crippen molar-refractivity contribution in [2.24, 2.45) is 0 Å². The topological polar surface area (TPSA) is 3.24 Å². The number of hydrogen-bond acceptors (Lipinski definition) is 1. The van der Waals surface area contributed by atoms with Gasteiger partial charge in [-0.2, -0.15) is 0 Å². The second kappa shape index (κ2) is 33.6. The van der Waals surface area contributed by atoms with E-state index in [0.717, 1.165) is 6.54 Å². The molecular formula is C45H81N. The third-order valence-electron chi connectivity index (χ3n) is 10.1. The first kappa shape index (κ1) is 42.7. The highest BCUT2D eigenvalue weighted by atomic mass is 15.1. The molecule has 0 radical (unpaired) electrons. The Kier molecular flexibility index (Phi) is 31.1. The summed E-state index contributed by atoms with van der Waals surface area (Å²) in [5.74, 6) is 0. The second-order valence-electron chi connectivity index (χ2n) is 14.5. The summed E-state index contributed by atoms with van der Waals surface area (Å²) in [5, 5.41) is 0. The van der Waals surface area contributed by atoms with Gasteiger partial charge in [0.25, 0.3) is 0 Å². The molecule has 0 saturated heterocycles. The fraction of sp³-hybridized carbons (Fsp3) is 0.778. The maximum absolute atomic E-state index is 2.77. The lowest BCUT2D eigenvalue weighted by molar-refractivity contribution is 0.251. The van der Waals surface area contributed by atoms with E-state index in [0.29, 0.717) is 0 Å². The molecule has 0 N–H and O–H groups in total. The Morgan fingerprint density at radius 2 is 0.783 bits per heavy atom. The number of unbranched alkanes of at least 4 members (excludes halogenated alkanes) is 24. The van der Waals surface area contributed by atoms with Crippen LogP contribution in [0.15, 0.2) is 42.5 Å². The molecule has 0 spiro atoms. The van der Waals surface area contributed by atoms with Gasteiger partial charge in [-0.1, -0.05) is 172 Å². The summed E-state index contributed by atoms with van der Waals surface area (Å²) in [5.41, 5.74) is 4.47. The number of allylic oxidation sites excluding steroid dienone is 4. The van der Waals surface area contributed by atoms with Crippen LogP contribution in [0.4, 0.5) is 0 Å². The Bertz CT molecular complexity index is 778. The lowest BCUT2D eigenvalue weighted by Gasteiger charge is -2.24. The first-order valence-electron chi connectivity index (χ1n) is 20.8. The maximum atomic E-state index is 2.77. The van der Waals surface area contributed by atoms with Crippen LogP contribution in [0.5, 0.6) is 0 Å². The van der Waals surface area contributed by atoms with Gasteiger partial charge in [0.1, 0.15) is 0 Å². The van der Waals surface area contributed by atoms with Crippen molar-refractivity contribution in [3.63, 3.8) is 0 Å². The first-order valence-corrected chi connectivity index (χ1v) is 20.8. The van der Waals surface area contributed by atoms with Gasteiger partial charge < -0.3 is 0 Å². The first-order chi connectivity index (χ1) is 22.7. The summed E-state index contributed by atoms with van der Waals surface area (Å²) < 4.78 is 0.